The molecule has 0 radical (unpaired) electrons. The number of benzene rings is 1. The highest BCUT2D eigenvalue weighted by Crippen LogP contribution is 2.27. The normalized spacial score (nSPS) is 19.6. The van der Waals surface area contributed by atoms with Crippen molar-refractivity contribution < 1.29 is 19.5 Å². The molecule has 23 heavy (non-hydrogen) atoms. The van der Waals surface area contributed by atoms with E-state index in [1.807, 2.05) is 13.8 Å². The molecule has 1 saturated carbocycles. The van der Waals surface area contributed by atoms with Crippen molar-refractivity contribution in [2.75, 3.05) is 5.32 Å². The van der Waals surface area contributed by atoms with Crippen LogP contribution in [0.15, 0.2) is 24.3 Å². The highest BCUT2D eigenvalue weighted by Gasteiger charge is 2.35. The number of urea groups is 1. The molecule has 7 heteroatoms. The number of carboxylic acid groups (broad SMARTS) is 1. The van der Waals surface area contributed by atoms with Crippen LogP contribution in [0, 0.1) is 5.92 Å². The monoisotopic (exact) mass is 319 g/mol. The number of aliphatic carboxylic acids is 1. The zero-order chi connectivity index (χ0) is 17.0. The third-order valence-corrected chi connectivity index (χ3v) is 3.65. The van der Waals surface area contributed by atoms with E-state index in [1.165, 1.54) is 0 Å². The predicted molar refractivity (Wildman–Crippen MR) is 85.3 cm³/mol. The lowest BCUT2D eigenvalue weighted by molar-refractivity contribution is -0.145. The molecule has 0 unspecified atom stereocenters. The van der Waals surface area contributed by atoms with Crippen molar-refractivity contribution in [3.63, 3.8) is 0 Å². The van der Waals surface area contributed by atoms with E-state index in [4.69, 9.17) is 5.11 Å². The van der Waals surface area contributed by atoms with Gasteiger partial charge >= 0.3 is 12.0 Å². The van der Waals surface area contributed by atoms with Gasteiger partial charge < -0.3 is 21.1 Å². The van der Waals surface area contributed by atoms with E-state index >= 15 is 0 Å². The lowest BCUT2D eigenvalue weighted by atomic mass is 9.80. The minimum absolute atomic E-state index is 0.0390. The number of anilines is 1. The third-order valence-electron chi connectivity index (χ3n) is 3.65. The Morgan fingerprint density at radius 2 is 1.74 bits per heavy atom. The molecule has 0 atom stereocenters. The van der Waals surface area contributed by atoms with Crippen LogP contribution in [0.25, 0.3) is 0 Å². The fourth-order valence-corrected chi connectivity index (χ4v) is 2.34. The van der Waals surface area contributed by atoms with E-state index in [-0.39, 0.29) is 29.9 Å². The average molecular weight is 319 g/mol. The van der Waals surface area contributed by atoms with Crippen LogP contribution in [0.1, 0.15) is 37.0 Å². The molecule has 0 spiro atoms. The second-order valence-electron chi connectivity index (χ2n) is 6.01. The second kappa shape index (κ2) is 7.13. The van der Waals surface area contributed by atoms with Crippen molar-refractivity contribution in [1.82, 2.24) is 10.6 Å². The summed E-state index contributed by atoms with van der Waals surface area (Å²) in [6.07, 6.45) is 0.937. The van der Waals surface area contributed by atoms with Gasteiger partial charge in [-0.25, -0.2) is 4.79 Å². The van der Waals surface area contributed by atoms with E-state index in [0.717, 1.165) is 0 Å². The summed E-state index contributed by atoms with van der Waals surface area (Å²) >= 11 is 0. The Kier molecular flexibility index (Phi) is 5.20. The van der Waals surface area contributed by atoms with Gasteiger partial charge in [0.05, 0.1) is 5.92 Å². The lowest BCUT2D eigenvalue weighted by Crippen LogP contribution is -2.46. The zero-order valence-electron chi connectivity index (χ0n) is 13.1. The van der Waals surface area contributed by atoms with Crippen molar-refractivity contribution in [3.05, 3.63) is 29.8 Å². The summed E-state index contributed by atoms with van der Waals surface area (Å²) in [6, 6.07) is 6.19. The van der Waals surface area contributed by atoms with Gasteiger partial charge in [0.2, 0.25) is 0 Å². The van der Waals surface area contributed by atoms with Gasteiger partial charge in [-0.3, -0.25) is 9.59 Å². The number of carbonyl (C=O) groups is 3. The van der Waals surface area contributed by atoms with E-state index in [1.54, 1.807) is 24.3 Å². The lowest BCUT2D eigenvalue weighted by Gasteiger charge is -2.32. The van der Waals surface area contributed by atoms with Gasteiger partial charge in [0, 0.05) is 23.3 Å². The predicted octanol–water partition coefficient (Wildman–Crippen LogP) is 1.81. The molecule has 124 valence electrons. The first kappa shape index (κ1) is 16.8. The van der Waals surface area contributed by atoms with Crippen LogP contribution < -0.4 is 16.0 Å². The SMILES string of the molecule is CC(C)NC(=O)Nc1ccc(C(=O)NC2CC(C(=O)O)C2)cc1. The van der Waals surface area contributed by atoms with Gasteiger partial charge in [-0.05, 0) is 51.0 Å². The maximum absolute atomic E-state index is 12.0. The summed E-state index contributed by atoms with van der Waals surface area (Å²) in [5.74, 6) is -1.41. The fourth-order valence-electron chi connectivity index (χ4n) is 2.34. The Balaban J connectivity index is 1.83. The second-order valence-corrected chi connectivity index (χ2v) is 6.01. The molecule has 0 heterocycles. The summed E-state index contributed by atoms with van der Waals surface area (Å²) < 4.78 is 0. The number of carboxylic acids is 1. The van der Waals surface area contributed by atoms with Crippen molar-refractivity contribution in [3.8, 4) is 0 Å². The van der Waals surface area contributed by atoms with E-state index in [9.17, 15) is 14.4 Å². The molecule has 1 aromatic rings. The van der Waals surface area contributed by atoms with Gasteiger partial charge in [-0.15, -0.1) is 0 Å². The van der Waals surface area contributed by atoms with Crippen molar-refractivity contribution in [2.45, 2.75) is 38.8 Å². The smallest absolute Gasteiger partial charge is 0.319 e. The van der Waals surface area contributed by atoms with Crippen LogP contribution in [-0.2, 0) is 4.79 Å². The number of amides is 3. The summed E-state index contributed by atoms with van der Waals surface area (Å²) in [4.78, 5) is 34.3. The molecule has 2 rings (SSSR count). The van der Waals surface area contributed by atoms with Crippen LogP contribution >= 0.6 is 0 Å². The Morgan fingerprint density at radius 1 is 1.13 bits per heavy atom. The molecule has 3 amide bonds. The standard InChI is InChI=1S/C16H21N3O4/c1-9(2)17-16(23)19-12-5-3-10(4-6-12)14(20)18-13-7-11(8-13)15(21)22/h3-6,9,11,13H,7-8H2,1-2H3,(H,18,20)(H,21,22)(H2,17,19,23). The van der Waals surface area contributed by atoms with Crippen molar-refractivity contribution in [1.29, 1.82) is 0 Å². The maximum atomic E-state index is 12.0. The van der Waals surface area contributed by atoms with Gasteiger partial charge in [-0.2, -0.15) is 0 Å². The van der Waals surface area contributed by atoms with E-state index in [2.05, 4.69) is 16.0 Å². The third kappa shape index (κ3) is 4.70. The van der Waals surface area contributed by atoms with Gasteiger partial charge in [0.15, 0.2) is 0 Å². The van der Waals surface area contributed by atoms with Crippen LogP contribution in [0.3, 0.4) is 0 Å². The molecule has 0 bridgehead atoms. The Morgan fingerprint density at radius 3 is 2.26 bits per heavy atom. The Hall–Kier alpha value is -2.57. The minimum atomic E-state index is -0.814. The molecular formula is C16H21N3O4. The number of hydrogen-bond acceptors (Lipinski definition) is 3. The minimum Gasteiger partial charge on any atom is -0.481 e. The van der Waals surface area contributed by atoms with E-state index in [0.29, 0.717) is 24.1 Å². The summed E-state index contributed by atoms with van der Waals surface area (Å²) in [5.41, 5.74) is 1.06. The first-order valence-corrected chi connectivity index (χ1v) is 7.56. The van der Waals surface area contributed by atoms with Crippen LogP contribution in [0.2, 0.25) is 0 Å². The van der Waals surface area contributed by atoms with Crippen molar-refractivity contribution >= 4 is 23.6 Å². The quantitative estimate of drug-likeness (QED) is 0.664. The Labute approximate surface area is 134 Å². The number of hydrogen-bond donors (Lipinski definition) is 4. The molecule has 1 aromatic carbocycles. The van der Waals surface area contributed by atoms with Gasteiger partial charge in [-0.1, -0.05) is 0 Å². The van der Waals surface area contributed by atoms with Crippen LogP contribution in [0.4, 0.5) is 10.5 Å². The van der Waals surface area contributed by atoms with Gasteiger partial charge in [0.25, 0.3) is 5.91 Å². The topological polar surface area (TPSA) is 108 Å². The highest BCUT2D eigenvalue weighted by atomic mass is 16.4. The molecule has 0 saturated heterocycles. The first-order valence-electron chi connectivity index (χ1n) is 7.56. The molecule has 0 aromatic heterocycles. The van der Waals surface area contributed by atoms with Crippen LogP contribution in [-0.4, -0.2) is 35.1 Å². The molecule has 1 fully saturated rings. The summed E-state index contributed by atoms with van der Waals surface area (Å²) in [7, 11) is 0. The Bertz CT molecular complexity index is 592. The molecule has 7 nitrogen and oxygen atoms in total. The fraction of sp³-hybridized carbons (Fsp3) is 0.438. The molecule has 1 aliphatic carbocycles. The maximum Gasteiger partial charge on any atom is 0.319 e. The number of carbonyl (C=O) groups excluding carboxylic acids is 2. The summed E-state index contributed by atoms with van der Waals surface area (Å²) in [5, 5.41) is 17.0. The highest BCUT2D eigenvalue weighted by molar-refractivity contribution is 5.95. The molecule has 1 aliphatic rings. The average Bonchev–Trinajstić information content (AvgIpc) is 2.41. The number of rotatable bonds is 5. The molecule has 4 N–H and O–H groups in total. The van der Waals surface area contributed by atoms with Crippen LogP contribution in [0.5, 0.6) is 0 Å². The first-order chi connectivity index (χ1) is 10.8. The van der Waals surface area contributed by atoms with Gasteiger partial charge in [0.1, 0.15) is 0 Å². The van der Waals surface area contributed by atoms with Crippen molar-refractivity contribution in [2.24, 2.45) is 5.92 Å². The molecular weight excluding hydrogens is 298 g/mol. The van der Waals surface area contributed by atoms with E-state index < -0.39 is 5.97 Å². The molecule has 0 aliphatic heterocycles. The zero-order valence-corrected chi connectivity index (χ0v) is 13.1. The number of nitrogens with one attached hydrogen (secondary N) is 3. The summed E-state index contributed by atoms with van der Waals surface area (Å²) in [6.45, 7) is 3.73. The largest absolute Gasteiger partial charge is 0.481 e.